The summed E-state index contributed by atoms with van der Waals surface area (Å²) in [7, 11) is -3.50. The first-order chi connectivity index (χ1) is 16.0. The zero-order valence-electron chi connectivity index (χ0n) is 19.8. The highest BCUT2D eigenvalue weighted by Gasteiger charge is 2.20. The van der Waals surface area contributed by atoms with Gasteiger partial charge in [0.1, 0.15) is 5.84 Å². The monoisotopic (exact) mass is 477 g/mol. The van der Waals surface area contributed by atoms with Crippen LogP contribution in [0.5, 0.6) is 0 Å². The molecule has 0 radical (unpaired) electrons. The van der Waals surface area contributed by atoms with Gasteiger partial charge in [0, 0.05) is 30.5 Å². The van der Waals surface area contributed by atoms with Gasteiger partial charge < -0.3 is 10.6 Å². The number of nitrogen functional groups attached to an aromatic ring is 1. The van der Waals surface area contributed by atoms with E-state index in [2.05, 4.69) is 0 Å². The number of nitrogens with one attached hydrogen (secondary N) is 1. The summed E-state index contributed by atoms with van der Waals surface area (Å²) in [6.45, 7) is 5.04. The SMILES string of the molecule is CC(C)CN(Cc1cccc(C(=N)N)c1)C(=O)Cc1ccc(-c2ccccc2)c(S(C)(=O)=O)c1. The van der Waals surface area contributed by atoms with E-state index in [1.165, 1.54) is 6.26 Å². The fourth-order valence-electron chi connectivity index (χ4n) is 3.88. The van der Waals surface area contributed by atoms with Gasteiger partial charge >= 0.3 is 0 Å². The lowest BCUT2D eigenvalue weighted by Crippen LogP contribution is -2.35. The van der Waals surface area contributed by atoms with Gasteiger partial charge in [-0.2, -0.15) is 0 Å². The maximum atomic E-state index is 13.3. The summed E-state index contributed by atoms with van der Waals surface area (Å²) < 4.78 is 25.1. The molecule has 0 unspecified atom stereocenters. The first-order valence-corrected chi connectivity index (χ1v) is 13.0. The molecule has 0 atom stereocenters. The van der Waals surface area contributed by atoms with E-state index in [1.807, 2.05) is 68.4 Å². The number of amides is 1. The Labute approximate surface area is 201 Å². The van der Waals surface area contributed by atoms with Gasteiger partial charge in [0.05, 0.1) is 11.3 Å². The number of benzene rings is 3. The summed E-state index contributed by atoms with van der Waals surface area (Å²) in [6.07, 6.45) is 1.28. The quantitative estimate of drug-likeness (QED) is 0.355. The fraction of sp³-hybridized carbons (Fsp3) is 0.259. The van der Waals surface area contributed by atoms with Gasteiger partial charge in [-0.15, -0.1) is 0 Å². The summed E-state index contributed by atoms with van der Waals surface area (Å²) in [5.41, 5.74) is 9.20. The number of sulfone groups is 1. The van der Waals surface area contributed by atoms with Crippen LogP contribution in [0.25, 0.3) is 11.1 Å². The van der Waals surface area contributed by atoms with Crippen molar-refractivity contribution in [1.29, 1.82) is 5.41 Å². The van der Waals surface area contributed by atoms with Crippen molar-refractivity contribution in [2.24, 2.45) is 11.7 Å². The van der Waals surface area contributed by atoms with E-state index >= 15 is 0 Å². The van der Waals surface area contributed by atoms with Crippen molar-refractivity contribution in [3.05, 3.63) is 89.5 Å². The second-order valence-corrected chi connectivity index (χ2v) is 10.9. The number of rotatable bonds is 9. The molecule has 3 rings (SSSR count). The van der Waals surface area contributed by atoms with Gasteiger partial charge in [-0.1, -0.05) is 74.5 Å². The van der Waals surface area contributed by atoms with Gasteiger partial charge in [-0.05, 0) is 34.7 Å². The number of hydrogen-bond donors (Lipinski definition) is 2. The number of carbonyl (C=O) groups is 1. The van der Waals surface area contributed by atoms with Crippen LogP contribution < -0.4 is 5.73 Å². The normalized spacial score (nSPS) is 11.4. The number of hydrogen-bond acceptors (Lipinski definition) is 4. The highest BCUT2D eigenvalue weighted by atomic mass is 32.2. The molecule has 0 aliphatic heterocycles. The van der Waals surface area contributed by atoms with E-state index < -0.39 is 9.84 Å². The van der Waals surface area contributed by atoms with Crippen molar-refractivity contribution in [3.8, 4) is 11.1 Å². The minimum absolute atomic E-state index is 0.0182. The summed E-state index contributed by atoms with van der Waals surface area (Å²) in [5, 5.41) is 7.66. The smallest absolute Gasteiger partial charge is 0.227 e. The maximum absolute atomic E-state index is 13.3. The molecular weight excluding hydrogens is 446 g/mol. The lowest BCUT2D eigenvalue weighted by Gasteiger charge is -2.25. The van der Waals surface area contributed by atoms with Crippen LogP contribution in [-0.2, 0) is 27.6 Å². The lowest BCUT2D eigenvalue weighted by molar-refractivity contribution is -0.131. The molecule has 0 saturated carbocycles. The van der Waals surface area contributed by atoms with Crippen molar-refractivity contribution in [3.63, 3.8) is 0 Å². The predicted molar refractivity (Wildman–Crippen MR) is 136 cm³/mol. The number of carbonyl (C=O) groups excluding carboxylic acids is 1. The largest absolute Gasteiger partial charge is 0.384 e. The van der Waals surface area contributed by atoms with E-state index in [9.17, 15) is 13.2 Å². The van der Waals surface area contributed by atoms with Crippen molar-refractivity contribution in [2.45, 2.75) is 31.7 Å². The molecule has 6 nitrogen and oxygen atoms in total. The Morgan fingerprint density at radius 3 is 2.29 bits per heavy atom. The third kappa shape index (κ3) is 6.54. The Hall–Kier alpha value is -3.45. The van der Waals surface area contributed by atoms with E-state index in [4.69, 9.17) is 11.1 Å². The maximum Gasteiger partial charge on any atom is 0.227 e. The molecule has 0 spiro atoms. The minimum Gasteiger partial charge on any atom is -0.384 e. The van der Waals surface area contributed by atoms with Crippen LogP contribution in [0.3, 0.4) is 0 Å². The topological polar surface area (TPSA) is 104 Å². The van der Waals surface area contributed by atoms with E-state index in [0.29, 0.717) is 29.8 Å². The second kappa shape index (κ2) is 10.7. The van der Waals surface area contributed by atoms with Crippen LogP contribution in [0.15, 0.2) is 77.7 Å². The Bertz CT molecular complexity index is 1290. The van der Waals surface area contributed by atoms with Crippen LogP contribution in [0.2, 0.25) is 0 Å². The van der Waals surface area contributed by atoms with Crippen molar-refractivity contribution in [1.82, 2.24) is 4.90 Å². The van der Waals surface area contributed by atoms with Gasteiger partial charge in [0.2, 0.25) is 5.91 Å². The highest BCUT2D eigenvalue weighted by molar-refractivity contribution is 7.90. The summed E-state index contributed by atoms with van der Waals surface area (Å²) in [6, 6.07) is 21.9. The van der Waals surface area contributed by atoms with E-state index in [0.717, 1.165) is 11.1 Å². The first kappa shape index (κ1) is 25.2. The van der Waals surface area contributed by atoms with Gasteiger partial charge in [0.25, 0.3) is 0 Å². The highest BCUT2D eigenvalue weighted by Crippen LogP contribution is 2.28. The fourth-order valence-corrected chi connectivity index (χ4v) is 4.83. The standard InChI is InChI=1S/C27H31N3O3S/c1-19(2)17-30(18-21-8-7-11-23(14-21)27(28)29)26(31)16-20-12-13-24(22-9-5-4-6-10-22)25(15-20)34(3,32)33/h4-15,19H,16-18H2,1-3H3,(H3,28,29). The Morgan fingerprint density at radius 1 is 0.971 bits per heavy atom. The molecule has 3 N–H and O–H groups in total. The second-order valence-electron chi connectivity index (χ2n) is 8.93. The van der Waals surface area contributed by atoms with E-state index in [1.54, 1.807) is 23.1 Å². The zero-order chi connectivity index (χ0) is 24.9. The summed E-state index contributed by atoms with van der Waals surface area (Å²) in [5.74, 6) is 0.149. The van der Waals surface area contributed by atoms with Crippen molar-refractivity contribution in [2.75, 3.05) is 12.8 Å². The number of nitrogens with two attached hydrogens (primary N) is 1. The third-order valence-electron chi connectivity index (χ3n) is 5.44. The van der Waals surface area contributed by atoms with Gasteiger partial charge in [-0.3, -0.25) is 10.2 Å². The van der Waals surface area contributed by atoms with Crippen LogP contribution >= 0.6 is 0 Å². The molecule has 1 amide bonds. The van der Waals surface area contributed by atoms with Gasteiger partial charge in [0.15, 0.2) is 9.84 Å². The molecule has 3 aromatic carbocycles. The molecule has 0 bridgehead atoms. The Morgan fingerprint density at radius 2 is 1.68 bits per heavy atom. The first-order valence-electron chi connectivity index (χ1n) is 11.1. The average molecular weight is 478 g/mol. The molecular formula is C27H31N3O3S. The summed E-state index contributed by atoms with van der Waals surface area (Å²) in [4.78, 5) is 15.3. The van der Waals surface area contributed by atoms with Crippen LogP contribution in [-0.4, -0.2) is 37.9 Å². The lowest BCUT2D eigenvalue weighted by atomic mass is 10.0. The van der Waals surface area contributed by atoms with Crippen LogP contribution in [0.1, 0.15) is 30.5 Å². The Kier molecular flexibility index (Phi) is 7.89. The molecule has 0 aliphatic carbocycles. The van der Waals surface area contributed by atoms with E-state index in [-0.39, 0.29) is 29.0 Å². The molecule has 0 aromatic heterocycles. The average Bonchev–Trinajstić information content (AvgIpc) is 2.78. The van der Waals surface area contributed by atoms with Crippen molar-refractivity contribution < 1.29 is 13.2 Å². The molecule has 178 valence electrons. The molecule has 7 heteroatoms. The Balaban J connectivity index is 1.89. The molecule has 0 heterocycles. The number of nitrogens with zero attached hydrogens (tertiary/aromatic N) is 1. The third-order valence-corrected chi connectivity index (χ3v) is 6.57. The predicted octanol–water partition coefficient (Wildman–Crippen LogP) is 4.27. The molecule has 0 saturated heterocycles. The zero-order valence-corrected chi connectivity index (χ0v) is 20.6. The summed E-state index contributed by atoms with van der Waals surface area (Å²) >= 11 is 0. The molecule has 0 aliphatic rings. The van der Waals surface area contributed by atoms with Crippen LogP contribution in [0.4, 0.5) is 0 Å². The van der Waals surface area contributed by atoms with Crippen LogP contribution in [0, 0.1) is 11.3 Å². The van der Waals surface area contributed by atoms with Gasteiger partial charge in [-0.25, -0.2) is 8.42 Å². The molecule has 3 aromatic rings. The number of amidine groups is 1. The minimum atomic E-state index is -3.50. The van der Waals surface area contributed by atoms with Crippen molar-refractivity contribution >= 4 is 21.6 Å². The molecule has 0 fully saturated rings. The molecule has 34 heavy (non-hydrogen) atoms.